The highest BCUT2D eigenvalue weighted by molar-refractivity contribution is 5.42. The van der Waals surface area contributed by atoms with E-state index in [2.05, 4.69) is 10.1 Å². The minimum atomic E-state index is 0.707. The molecular weight excluding hydrogens is 150 g/mol. The van der Waals surface area contributed by atoms with Gasteiger partial charge in [0.05, 0.1) is 29.8 Å². The molecule has 0 aromatic carbocycles. The summed E-state index contributed by atoms with van der Waals surface area (Å²) >= 11 is 0. The van der Waals surface area contributed by atoms with Crippen molar-refractivity contribution in [3.05, 3.63) is 30.4 Å². The smallest absolute Gasteiger partial charge is 0.0845 e. The third-order valence-corrected chi connectivity index (χ3v) is 2.30. The lowest BCUT2D eigenvalue weighted by atomic mass is 10.3. The Morgan fingerprint density at radius 2 is 2.33 bits per heavy atom. The van der Waals surface area contributed by atoms with Crippen LogP contribution >= 0.6 is 0 Å². The molecule has 0 atom stereocenters. The first-order valence-electron chi connectivity index (χ1n) is 4.23. The maximum absolute atomic E-state index is 4.38. The quantitative estimate of drug-likeness (QED) is 0.632. The first-order valence-corrected chi connectivity index (χ1v) is 4.23. The Hall–Kier alpha value is -1.38. The number of nitrogens with zero attached hydrogens (tertiary/aromatic N) is 3. The van der Waals surface area contributed by atoms with Gasteiger partial charge in [-0.05, 0) is 18.9 Å². The molecule has 0 N–H and O–H groups in total. The van der Waals surface area contributed by atoms with Crippen molar-refractivity contribution in [1.82, 2.24) is 14.6 Å². The third-order valence-electron chi connectivity index (χ3n) is 2.30. The van der Waals surface area contributed by atoms with Gasteiger partial charge in [0.1, 0.15) is 0 Å². The second-order valence-corrected chi connectivity index (χ2v) is 3.29. The van der Waals surface area contributed by atoms with Gasteiger partial charge in [0, 0.05) is 5.92 Å². The van der Waals surface area contributed by atoms with E-state index in [1.165, 1.54) is 18.5 Å². The van der Waals surface area contributed by atoms with Crippen LogP contribution in [0.2, 0.25) is 0 Å². The minimum absolute atomic E-state index is 0.707. The summed E-state index contributed by atoms with van der Waals surface area (Å²) in [4.78, 5) is 4.38. The Morgan fingerprint density at radius 1 is 1.42 bits per heavy atom. The zero-order valence-electron chi connectivity index (χ0n) is 6.64. The maximum Gasteiger partial charge on any atom is 0.0845 e. The van der Waals surface area contributed by atoms with Crippen molar-refractivity contribution in [3.8, 4) is 0 Å². The lowest BCUT2D eigenvalue weighted by Gasteiger charge is -1.97. The topological polar surface area (TPSA) is 30.2 Å². The summed E-state index contributed by atoms with van der Waals surface area (Å²) in [5.41, 5.74) is 2.26. The SMILES string of the molecule is c1cc2cnc(C3CC3)cn2n1. The molecular formula is C9H9N3. The van der Waals surface area contributed by atoms with E-state index in [1.54, 1.807) is 6.20 Å². The van der Waals surface area contributed by atoms with E-state index in [4.69, 9.17) is 0 Å². The summed E-state index contributed by atoms with van der Waals surface area (Å²) in [6.45, 7) is 0. The summed E-state index contributed by atoms with van der Waals surface area (Å²) in [6, 6.07) is 1.96. The molecule has 2 aromatic heterocycles. The van der Waals surface area contributed by atoms with Crippen LogP contribution in [0.4, 0.5) is 0 Å². The van der Waals surface area contributed by atoms with Crippen molar-refractivity contribution < 1.29 is 0 Å². The second-order valence-electron chi connectivity index (χ2n) is 3.29. The first kappa shape index (κ1) is 6.17. The summed E-state index contributed by atoms with van der Waals surface area (Å²) in [7, 11) is 0. The molecule has 3 nitrogen and oxygen atoms in total. The summed E-state index contributed by atoms with van der Waals surface area (Å²) in [5.74, 6) is 0.707. The molecule has 0 spiro atoms. The molecule has 3 rings (SSSR count). The van der Waals surface area contributed by atoms with Gasteiger partial charge < -0.3 is 0 Å². The van der Waals surface area contributed by atoms with Crippen LogP contribution in [-0.2, 0) is 0 Å². The molecule has 0 aliphatic heterocycles. The molecule has 1 aliphatic rings. The Balaban J connectivity index is 2.21. The Morgan fingerprint density at radius 3 is 3.17 bits per heavy atom. The molecule has 2 heterocycles. The van der Waals surface area contributed by atoms with Gasteiger partial charge in [0.15, 0.2) is 0 Å². The zero-order chi connectivity index (χ0) is 7.97. The van der Waals surface area contributed by atoms with E-state index in [-0.39, 0.29) is 0 Å². The predicted molar refractivity (Wildman–Crippen MR) is 45.0 cm³/mol. The molecule has 0 bridgehead atoms. The van der Waals surface area contributed by atoms with E-state index in [9.17, 15) is 0 Å². The number of hydrogen-bond acceptors (Lipinski definition) is 2. The average molecular weight is 159 g/mol. The molecule has 0 amide bonds. The van der Waals surface area contributed by atoms with Gasteiger partial charge in [0.2, 0.25) is 0 Å². The van der Waals surface area contributed by atoms with E-state index in [0.717, 1.165) is 5.52 Å². The lowest BCUT2D eigenvalue weighted by molar-refractivity contribution is 0.895. The fraction of sp³-hybridized carbons (Fsp3) is 0.333. The van der Waals surface area contributed by atoms with Gasteiger partial charge in [-0.2, -0.15) is 5.10 Å². The normalized spacial score (nSPS) is 17.0. The second kappa shape index (κ2) is 2.06. The minimum Gasteiger partial charge on any atom is -0.257 e. The van der Waals surface area contributed by atoms with Crippen molar-refractivity contribution in [3.63, 3.8) is 0 Å². The summed E-state index contributed by atoms with van der Waals surface area (Å²) in [6.07, 6.45) is 8.31. The van der Waals surface area contributed by atoms with Gasteiger partial charge in [-0.25, -0.2) is 4.52 Å². The Kier molecular flexibility index (Phi) is 1.06. The number of aromatic nitrogens is 3. The molecule has 0 radical (unpaired) electrons. The van der Waals surface area contributed by atoms with Crippen LogP contribution in [0.25, 0.3) is 5.52 Å². The van der Waals surface area contributed by atoms with E-state index < -0.39 is 0 Å². The van der Waals surface area contributed by atoms with Gasteiger partial charge in [-0.15, -0.1) is 0 Å². The molecule has 2 aromatic rings. The highest BCUT2D eigenvalue weighted by Crippen LogP contribution is 2.38. The largest absolute Gasteiger partial charge is 0.257 e. The van der Waals surface area contributed by atoms with Crippen LogP contribution < -0.4 is 0 Å². The Bertz CT molecular complexity index is 414. The molecule has 60 valence electrons. The number of fused-ring (bicyclic) bond motifs is 1. The molecule has 1 saturated carbocycles. The van der Waals surface area contributed by atoms with Crippen molar-refractivity contribution in [2.45, 2.75) is 18.8 Å². The van der Waals surface area contributed by atoms with Gasteiger partial charge in [-0.3, -0.25) is 4.98 Å². The van der Waals surface area contributed by atoms with Gasteiger partial charge in [0.25, 0.3) is 0 Å². The highest BCUT2D eigenvalue weighted by atomic mass is 15.2. The third kappa shape index (κ3) is 0.826. The van der Waals surface area contributed by atoms with Crippen molar-refractivity contribution >= 4 is 5.52 Å². The number of hydrogen-bond donors (Lipinski definition) is 0. The van der Waals surface area contributed by atoms with Gasteiger partial charge in [-0.1, -0.05) is 0 Å². The lowest BCUT2D eigenvalue weighted by Crippen LogP contribution is -1.92. The van der Waals surface area contributed by atoms with E-state index in [0.29, 0.717) is 5.92 Å². The molecule has 1 fully saturated rings. The van der Waals surface area contributed by atoms with Crippen LogP contribution in [0, 0.1) is 0 Å². The van der Waals surface area contributed by atoms with Crippen molar-refractivity contribution in [1.29, 1.82) is 0 Å². The van der Waals surface area contributed by atoms with Crippen LogP contribution in [0.1, 0.15) is 24.5 Å². The van der Waals surface area contributed by atoms with E-state index >= 15 is 0 Å². The molecule has 3 heteroatoms. The predicted octanol–water partition coefficient (Wildman–Crippen LogP) is 1.61. The fourth-order valence-electron chi connectivity index (χ4n) is 1.42. The molecule has 1 aliphatic carbocycles. The van der Waals surface area contributed by atoms with Crippen molar-refractivity contribution in [2.75, 3.05) is 0 Å². The van der Waals surface area contributed by atoms with Crippen LogP contribution in [-0.4, -0.2) is 14.6 Å². The Labute approximate surface area is 70.0 Å². The van der Waals surface area contributed by atoms with Crippen molar-refractivity contribution in [2.24, 2.45) is 0 Å². The van der Waals surface area contributed by atoms with E-state index in [1.807, 2.05) is 23.0 Å². The standard InChI is InChI=1S/C9H9N3/c1-2-7(1)9-6-12-8(5-10-9)3-4-11-12/h3-7H,1-2H2. The number of rotatable bonds is 1. The fourth-order valence-corrected chi connectivity index (χ4v) is 1.42. The van der Waals surface area contributed by atoms with Crippen LogP contribution in [0.3, 0.4) is 0 Å². The first-order chi connectivity index (χ1) is 5.93. The molecule has 0 saturated heterocycles. The summed E-state index contributed by atoms with van der Waals surface area (Å²) < 4.78 is 1.89. The van der Waals surface area contributed by atoms with Crippen LogP contribution in [0.15, 0.2) is 24.7 Å². The summed E-state index contributed by atoms with van der Waals surface area (Å²) in [5, 5.41) is 4.17. The van der Waals surface area contributed by atoms with Crippen LogP contribution in [0.5, 0.6) is 0 Å². The van der Waals surface area contributed by atoms with Gasteiger partial charge >= 0.3 is 0 Å². The monoisotopic (exact) mass is 159 g/mol. The maximum atomic E-state index is 4.38. The molecule has 12 heavy (non-hydrogen) atoms. The average Bonchev–Trinajstić information content (AvgIpc) is 2.84. The highest BCUT2D eigenvalue weighted by Gasteiger charge is 2.25. The molecule has 0 unspecified atom stereocenters. The zero-order valence-corrected chi connectivity index (χ0v) is 6.64.